The Hall–Kier alpha value is -0.610. The van der Waals surface area contributed by atoms with Gasteiger partial charge in [0.05, 0.1) is 0 Å². The summed E-state index contributed by atoms with van der Waals surface area (Å²) in [7, 11) is 2.95. The second kappa shape index (κ2) is 6.12. The van der Waals surface area contributed by atoms with Crippen molar-refractivity contribution in [2.24, 2.45) is 0 Å². The van der Waals surface area contributed by atoms with E-state index in [4.69, 9.17) is 9.47 Å². The summed E-state index contributed by atoms with van der Waals surface area (Å²) in [5.41, 5.74) is 0. The summed E-state index contributed by atoms with van der Waals surface area (Å²) in [6, 6.07) is 0. The van der Waals surface area contributed by atoms with Crippen LogP contribution in [-0.2, 0) is 14.3 Å². The van der Waals surface area contributed by atoms with Crippen molar-refractivity contribution in [1.82, 2.24) is 5.32 Å². The second-order valence-corrected chi connectivity index (χ2v) is 2.12. The molecule has 0 atom stereocenters. The molecule has 1 N–H and O–H groups in total. The van der Waals surface area contributed by atoms with E-state index in [9.17, 15) is 4.79 Å². The fraction of sp³-hybridized carbons (Fsp3) is 0.857. The highest BCUT2D eigenvalue weighted by molar-refractivity contribution is 5.75. The van der Waals surface area contributed by atoms with Crippen LogP contribution in [0.5, 0.6) is 0 Å². The average Bonchev–Trinajstić information content (AvgIpc) is 2.01. The van der Waals surface area contributed by atoms with Crippen LogP contribution in [0.4, 0.5) is 0 Å². The Balaban J connectivity index is 3.54. The van der Waals surface area contributed by atoms with Crippen LogP contribution in [0.1, 0.15) is 19.8 Å². The molecule has 0 aromatic carbocycles. The third-order valence-corrected chi connectivity index (χ3v) is 1.18. The highest BCUT2D eigenvalue weighted by Gasteiger charge is 2.07. The lowest BCUT2D eigenvalue weighted by atomic mass is 10.3. The van der Waals surface area contributed by atoms with Crippen molar-refractivity contribution in [2.75, 3.05) is 14.2 Å². The van der Waals surface area contributed by atoms with E-state index in [1.54, 1.807) is 0 Å². The third-order valence-electron chi connectivity index (χ3n) is 1.18. The van der Waals surface area contributed by atoms with Crippen molar-refractivity contribution in [2.45, 2.75) is 26.2 Å². The van der Waals surface area contributed by atoms with E-state index in [-0.39, 0.29) is 5.91 Å². The number of amides is 1. The molecule has 0 saturated heterocycles. The molecule has 0 unspecified atom stereocenters. The number of carbonyl (C=O) groups is 1. The smallest absolute Gasteiger partial charge is 0.239 e. The Morgan fingerprint density at radius 2 is 2.00 bits per heavy atom. The number of methoxy groups -OCH3 is 2. The van der Waals surface area contributed by atoms with E-state index in [0.717, 1.165) is 6.42 Å². The van der Waals surface area contributed by atoms with E-state index in [1.807, 2.05) is 6.92 Å². The SMILES string of the molecule is CCCC(=O)NC(OC)OC. The Bertz CT molecular complexity index is 112. The fourth-order valence-electron chi connectivity index (χ4n) is 0.645. The van der Waals surface area contributed by atoms with E-state index in [2.05, 4.69) is 5.32 Å². The number of hydrogen-bond donors (Lipinski definition) is 1. The lowest BCUT2D eigenvalue weighted by molar-refractivity contribution is -0.148. The van der Waals surface area contributed by atoms with Gasteiger partial charge in [-0.05, 0) is 6.42 Å². The van der Waals surface area contributed by atoms with Gasteiger partial charge in [-0.1, -0.05) is 6.92 Å². The first kappa shape index (κ1) is 10.4. The summed E-state index contributed by atoms with van der Waals surface area (Å²) < 4.78 is 9.52. The molecular weight excluding hydrogens is 146 g/mol. The molecule has 0 heterocycles. The van der Waals surface area contributed by atoms with Gasteiger partial charge in [-0.2, -0.15) is 0 Å². The minimum absolute atomic E-state index is 0.0544. The minimum Gasteiger partial charge on any atom is -0.339 e. The minimum atomic E-state index is -0.617. The highest BCUT2D eigenvalue weighted by atomic mass is 16.7. The van der Waals surface area contributed by atoms with Crippen molar-refractivity contribution in [1.29, 1.82) is 0 Å². The molecule has 66 valence electrons. The fourth-order valence-corrected chi connectivity index (χ4v) is 0.645. The van der Waals surface area contributed by atoms with Gasteiger partial charge in [0.1, 0.15) is 0 Å². The van der Waals surface area contributed by atoms with Crippen molar-refractivity contribution in [3.8, 4) is 0 Å². The van der Waals surface area contributed by atoms with Gasteiger partial charge >= 0.3 is 0 Å². The number of hydrogen-bond acceptors (Lipinski definition) is 3. The van der Waals surface area contributed by atoms with Crippen LogP contribution >= 0.6 is 0 Å². The van der Waals surface area contributed by atoms with Gasteiger partial charge in [0.15, 0.2) is 0 Å². The molecule has 0 aliphatic carbocycles. The van der Waals surface area contributed by atoms with E-state index in [1.165, 1.54) is 14.2 Å². The molecule has 11 heavy (non-hydrogen) atoms. The average molecular weight is 161 g/mol. The predicted octanol–water partition coefficient (Wildman–Crippen LogP) is 0.479. The molecule has 0 aliphatic rings. The van der Waals surface area contributed by atoms with Gasteiger partial charge in [0, 0.05) is 20.6 Å². The van der Waals surface area contributed by atoms with Crippen molar-refractivity contribution < 1.29 is 14.3 Å². The van der Waals surface area contributed by atoms with E-state index in [0.29, 0.717) is 6.42 Å². The van der Waals surface area contributed by atoms with Crippen LogP contribution in [0.25, 0.3) is 0 Å². The maximum atomic E-state index is 10.9. The monoisotopic (exact) mass is 161 g/mol. The molecular formula is C7H15NO3. The van der Waals surface area contributed by atoms with Gasteiger partial charge in [0.2, 0.25) is 12.3 Å². The molecule has 0 aromatic rings. The Morgan fingerprint density at radius 3 is 2.36 bits per heavy atom. The molecule has 4 heteroatoms. The summed E-state index contributed by atoms with van der Waals surface area (Å²) >= 11 is 0. The molecule has 0 aromatic heterocycles. The normalized spacial score (nSPS) is 10.2. The van der Waals surface area contributed by atoms with Gasteiger partial charge in [-0.15, -0.1) is 0 Å². The van der Waals surface area contributed by atoms with E-state index >= 15 is 0 Å². The Kier molecular flexibility index (Phi) is 5.78. The number of carbonyl (C=O) groups excluding carboxylic acids is 1. The van der Waals surface area contributed by atoms with Crippen molar-refractivity contribution in [3.63, 3.8) is 0 Å². The quantitative estimate of drug-likeness (QED) is 0.596. The maximum absolute atomic E-state index is 10.9. The summed E-state index contributed by atoms with van der Waals surface area (Å²) in [6.45, 7) is 1.94. The largest absolute Gasteiger partial charge is 0.339 e. The zero-order chi connectivity index (χ0) is 8.69. The molecule has 0 radical (unpaired) electrons. The zero-order valence-electron chi connectivity index (χ0n) is 7.22. The van der Waals surface area contributed by atoms with Crippen molar-refractivity contribution >= 4 is 5.91 Å². The van der Waals surface area contributed by atoms with Crippen LogP contribution in [-0.4, -0.2) is 26.5 Å². The lowest BCUT2D eigenvalue weighted by Crippen LogP contribution is -2.37. The molecule has 0 rings (SSSR count). The molecule has 1 amide bonds. The van der Waals surface area contributed by atoms with Gasteiger partial charge in [-0.25, -0.2) is 0 Å². The molecule has 0 aliphatic heterocycles. The topological polar surface area (TPSA) is 47.6 Å². The number of ether oxygens (including phenoxy) is 2. The van der Waals surface area contributed by atoms with Gasteiger partial charge < -0.3 is 14.8 Å². The second-order valence-electron chi connectivity index (χ2n) is 2.12. The van der Waals surface area contributed by atoms with Crippen LogP contribution in [0.2, 0.25) is 0 Å². The van der Waals surface area contributed by atoms with Crippen LogP contribution < -0.4 is 5.32 Å². The molecule has 4 nitrogen and oxygen atoms in total. The Morgan fingerprint density at radius 1 is 1.45 bits per heavy atom. The van der Waals surface area contributed by atoms with Crippen LogP contribution in [0.15, 0.2) is 0 Å². The Labute approximate surface area is 66.9 Å². The standard InChI is InChI=1S/C7H15NO3/c1-4-5-6(9)8-7(10-2)11-3/h7H,4-5H2,1-3H3,(H,8,9). The predicted molar refractivity (Wildman–Crippen MR) is 40.9 cm³/mol. The third kappa shape index (κ3) is 4.75. The van der Waals surface area contributed by atoms with Crippen molar-refractivity contribution in [3.05, 3.63) is 0 Å². The first-order chi connectivity index (χ1) is 5.24. The van der Waals surface area contributed by atoms with Gasteiger partial charge in [0.25, 0.3) is 0 Å². The molecule has 0 fully saturated rings. The first-order valence-electron chi connectivity index (χ1n) is 3.59. The van der Waals surface area contributed by atoms with Gasteiger partial charge in [-0.3, -0.25) is 4.79 Å². The van der Waals surface area contributed by atoms with Crippen LogP contribution in [0, 0.1) is 0 Å². The molecule has 0 bridgehead atoms. The summed E-state index contributed by atoms with van der Waals surface area (Å²) in [6.07, 6.45) is 0.712. The summed E-state index contributed by atoms with van der Waals surface area (Å²) in [5, 5.41) is 2.53. The molecule has 0 spiro atoms. The first-order valence-corrected chi connectivity index (χ1v) is 3.59. The number of nitrogens with one attached hydrogen (secondary N) is 1. The molecule has 0 saturated carbocycles. The lowest BCUT2D eigenvalue weighted by Gasteiger charge is -2.14. The van der Waals surface area contributed by atoms with E-state index < -0.39 is 6.41 Å². The highest BCUT2D eigenvalue weighted by Crippen LogP contribution is 1.90. The summed E-state index contributed by atoms with van der Waals surface area (Å²) in [4.78, 5) is 10.9. The maximum Gasteiger partial charge on any atom is 0.239 e. The number of rotatable bonds is 5. The summed E-state index contributed by atoms with van der Waals surface area (Å²) in [5.74, 6) is -0.0544. The zero-order valence-corrected chi connectivity index (χ0v) is 7.22. The van der Waals surface area contributed by atoms with Crippen LogP contribution in [0.3, 0.4) is 0 Å².